The maximum absolute atomic E-state index is 10.8. The van der Waals surface area contributed by atoms with Crippen LogP contribution in [0.4, 0.5) is 17.1 Å². The number of nitrogens with one attached hydrogen (secondary N) is 3. The van der Waals surface area contributed by atoms with Crippen molar-refractivity contribution in [3.63, 3.8) is 0 Å². The number of benzene rings is 1. The van der Waals surface area contributed by atoms with Gasteiger partial charge in [-0.05, 0) is 6.92 Å². The summed E-state index contributed by atoms with van der Waals surface area (Å²) in [6.45, 7) is 1.47. The van der Waals surface area contributed by atoms with Crippen LogP contribution in [0.2, 0.25) is 0 Å². The number of hydrogen-bond donors (Lipinski definition) is 6. The van der Waals surface area contributed by atoms with Gasteiger partial charge < -0.3 is 10.4 Å². The van der Waals surface area contributed by atoms with E-state index >= 15 is 0 Å². The first-order valence-electron chi connectivity index (χ1n) is 3.98. The SMILES string of the molecule is Cc1c(NO)cc([NH+]([O-])O)cc1[NH+]([O-])O. The van der Waals surface area contributed by atoms with E-state index in [1.807, 2.05) is 0 Å². The van der Waals surface area contributed by atoms with Gasteiger partial charge in [-0.3, -0.25) is 10.7 Å². The summed E-state index contributed by atoms with van der Waals surface area (Å²) in [5.41, 5.74) is 1.73. The van der Waals surface area contributed by atoms with Crippen molar-refractivity contribution in [1.29, 1.82) is 0 Å². The highest BCUT2D eigenvalue weighted by atomic mass is 16.8. The van der Waals surface area contributed by atoms with Crippen LogP contribution in [0, 0.1) is 17.3 Å². The van der Waals surface area contributed by atoms with E-state index in [2.05, 4.69) is 0 Å². The van der Waals surface area contributed by atoms with Crippen LogP contribution < -0.4 is 15.9 Å². The first kappa shape index (κ1) is 11.8. The van der Waals surface area contributed by atoms with Crippen LogP contribution in [0.3, 0.4) is 0 Å². The fraction of sp³-hybridized carbons (Fsp3) is 0.143. The number of rotatable bonds is 3. The molecule has 1 aromatic carbocycles. The molecule has 0 aliphatic rings. The number of quaternary nitrogens is 2. The van der Waals surface area contributed by atoms with Crippen molar-refractivity contribution in [3.05, 3.63) is 28.1 Å². The lowest BCUT2D eigenvalue weighted by Gasteiger charge is -2.19. The Morgan fingerprint density at radius 1 is 1.20 bits per heavy atom. The highest BCUT2D eigenvalue weighted by molar-refractivity contribution is 5.64. The van der Waals surface area contributed by atoms with Gasteiger partial charge >= 0.3 is 0 Å². The minimum atomic E-state index is -1.26. The molecule has 1 aromatic rings. The van der Waals surface area contributed by atoms with Crippen molar-refractivity contribution in [2.45, 2.75) is 6.92 Å². The van der Waals surface area contributed by atoms with Crippen LogP contribution >= 0.6 is 0 Å². The molecule has 0 heterocycles. The van der Waals surface area contributed by atoms with Gasteiger partial charge in [0.1, 0.15) is 0 Å². The quantitative estimate of drug-likeness (QED) is 0.346. The molecule has 0 bridgehead atoms. The summed E-state index contributed by atoms with van der Waals surface area (Å²) in [6, 6.07) is 2.20. The third kappa shape index (κ3) is 2.40. The Balaban J connectivity index is 3.32. The Morgan fingerprint density at radius 3 is 2.20 bits per heavy atom. The number of anilines is 1. The van der Waals surface area contributed by atoms with Gasteiger partial charge in [-0.2, -0.15) is 10.5 Å². The van der Waals surface area contributed by atoms with Crippen molar-refractivity contribution in [1.82, 2.24) is 0 Å². The molecule has 0 saturated carbocycles. The summed E-state index contributed by atoms with van der Waals surface area (Å²) >= 11 is 0. The van der Waals surface area contributed by atoms with E-state index in [-0.39, 0.29) is 22.6 Å². The average Bonchev–Trinajstić information content (AvgIpc) is 2.17. The van der Waals surface area contributed by atoms with Crippen molar-refractivity contribution in [3.8, 4) is 0 Å². The summed E-state index contributed by atoms with van der Waals surface area (Å²) < 4.78 is 0. The lowest BCUT2D eigenvalue weighted by atomic mass is 10.1. The van der Waals surface area contributed by atoms with E-state index in [0.29, 0.717) is 0 Å². The molecule has 0 radical (unpaired) electrons. The summed E-state index contributed by atoms with van der Waals surface area (Å²) in [4.78, 5) is 0. The molecule has 1 rings (SSSR count). The van der Waals surface area contributed by atoms with Crippen LogP contribution in [0.25, 0.3) is 0 Å². The Bertz CT molecular complexity index is 355. The molecule has 15 heavy (non-hydrogen) atoms. The third-order valence-corrected chi connectivity index (χ3v) is 2.01. The van der Waals surface area contributed by atoms with Gasteiger partial charge in [-0.1, -0.05) is 0 Å². The van der Waals surface area contributed by atoms with Gasteiger partial charge in [0.25, 0.3) is 0 Å². The standard InChI is InChI=1S/C7H11N3O5/c1-4-6(8-11)2-5(9(12)13)3-7(4)10(14)15/h2-3,8-12,14H,1H3. The molecule has 0 aliphatic heterocycles. The molecular weight excluding hydrogens is 206 g/mol. The van der Waals surface area contributed by atoms with E-state index in [1.165, 1.54) is 6.92 Å². The summed E-state index contributed by atoms with van der Waals surface area (Å²) in [6.07, 6.45) is 0. The van der Waals surface area contributed by atoms with Gasteiger partial charge in [-0.15, -0.1) is 0 Å². The zero-order chi connectivity index (χ0) is 11.6. The topological polar surface area (TPSA) is 128 Å². The van der Waals surface area contributed by atoms with Crippen LogP contribution in [-0.4, -0.2) is 15.6 Å². The van der Waals surface area contributed by atoms with Crippen LogP contribution in [0.15, 0.2) is 12.1 Å². The van der Waals surface area contributed by atoms with Crippen LogP contribution in [0.1, 0.15) is 5.56 Å². The first-order chi connectivity index (χ1) is 6.97. The molecule has 0 aliphatic carbocycles. The second-order valence-corrected chi connectivity index (χ2v) is 2.92. The van der Waals surface area contributed by atoms with Crippen molar-refractivity contribution < 1.29 is 26.1 Å². The molecule has 0 fully saturated rings. The number of hydrogen-bond acceptors (Lipinski definition) is 6. The van der Waals surface area contributed by atoms with E-state index in [9.17, 15) is 10.4 Å². The van der Waals surface area contributed by atoms with E-state index in [4.69, 9.17) is 15.6 Å². The molecule has 0 aromatic heterocycles. The summed E-state index contributed by atoms with van der Waals surface area (Å²) in [7, 11) is 0. The Hall–Kier alpha value is -1.26. The monoisotopic (exact) mass is 217 g/mol. The fourth-order valence-electron chi connectivity index (χ4n) is 1.18. The van der Waals surface area contributed by atoms with E-state index in [0.717, 1.165) is 12.1 Å². The molecule has 0 saturated heterocycles. The smallest absolute Gasteiger partial charge is 0.175 e. The van der Waals surface area contributed by atoms with Gasteiger partial charge in [0, 0.05) is 11.6 Å². The zero-order valence-electron chi connectivity index (χ0n) is 7.81. The maximum Gasteiger partial charge on any atom is 0.175 e. The third-order valence-electron chi connectivity index (χ3n) is 2.01. The molecule has 8 nitrogen and oxygen atoms in total. The molecule has 0 amide bonds. The highest BCUT2D eigenvalue weighted by Gasteiger charge is 2.15. The molecule has 2 unspecified atom stereocenters. The van der Waals surface area contributed by atoms with Gasteiger partial charge in [-0.25, -0.2) is 10.4 Å². The maximum atomic E-state index is 10.8. The predicted molar refractivity (Wildman–Crippen MR) is 48.1 cm³/mol. The molecule has 84 valence electrons. The van der Waals surface area contributed by atoms with Crippen LogP contribution in [0.5, 0.6) is 0 Å². The largest absolute Gasteiger partial charge is 0.595 e. The normalized spacial score (nSPS) is 14.8. The average molecular weight is 217 g/mol. The van der Waals surface area contributed by atoms with E-state index < -0.39 is 10.5 Å². The molecule has 2 atom stereocenters. The Morgan fingerprint density at radius 2 is 1.80 bits per heavy atom. The Kier molecular flexibility index (Phi) is 3.55. The van der Waals surface area contributed by atoms with Crippen molar-refractivity contribution in [2.24, 2.45) is 0 Å². The van der Waals surface area contributed by atoms with Gasteiger partial charge in [0.2, 0.25) is 0 Å². The zero-order valence-corrected chi connectivity index (χ0v) is 7.81. The lowest BCUT2D eigenvalue weighted by Crippen LogP contribution is -3.01. The Labute approximate surface area is 84.6 Å². The molecular formula is C7H11N3O5. The second-order valence-electron chi connectivity index (χ2n) is 2.92. The lowest BCUT2D eigenvalue weighted by molar-refractivity contribution is -0.996. The minimum Gasteiger partial charge on any atom is -0.595 e. The fourth-order valence-corrected chi connectivity index (χ4v) is 1.18. The minimum absolute atomic E-state index is 0.0623. The summed E-state index contributed by atoms with van der Waals surface area (Å²) in [5, 5.41) is 45.1. The molecule has 8 heteroatoms. The van der Waals surface area contributed by atoms with E-state index in [1.54, 1.807) is 5.48 Å². The molecule has 6 N–H and O–H groups in total. The summed E-state index contributed by atoms with van der Waals surface area (Å²) in [5.74, 6) is 0. The van der Waals surface area contributed by atoms with Gasteiger partial charge in [0.15, 0.2) is 11.4 Å². The predicted octanol–water partition coefficient (Wildman–Crippen LogP) is -1.40. The van der Waals surface area contributed by atoms with Crippen LogP contribution in [-0.2, 0) is 0 Å². The first-order valence-corrected chi connectivity index (χ1v) is 3.98. The van der Waals surface area contributed by atoms with Crippen molar-refractivity contribution in [2.75, 3.05) is 5.48 Å². The van der Waals surface area contributed by atoms with Gasteiger partial charge in [0.05, 0.1) is 11.8 Å². The highest BCUT2D eigenvalue weighted by Crippen LogP contribution is 2.23. The van der Waals surface area contributed by atoms with Crippen molar-refractivity contribution >= 4 is 17.1 Å². The second kappa shape index (κ2) is 4.51. The molecule has 0 spiro atoms.